The van der Waals surface area contributed by atoms with E-state index in [1.165, 1.54) is 31.3 Å². The van der Waals surface area contributed by atoms with Crippen LogP contribution >= 0.6 is 15.9 Å². The van der Waals surface area contributed by atoms with Gasteiger partial charge >= 0.3 is 5.97 Å². The first kappa shape index (κ1) is 26.8. The molecule has 0 fully saturated rings. The number of rotatable bonds is 8. The van der Waals surface area contributed by atoms with Crippen molar-refractivity contribution in [3.8, 4) is 17.3 Å². The minimum absolute atomic E-state index is 0.125. The van der Waals surface area contributed by atoms with Gasteiger partial charge in [0.1, 0.15) is 11.3 Å². The van der Waals surface area contributed by atoms with Crippen molar-refractivity contribution < 1.29 is 23.6 Å². The third kappa shape index (κ3) is 5.34. The van der Waals surface area contributed by atoms with Gasteiger partial charge in [0.15, 0.2) is 11.9 Å². The largest absolute Gasteiger partial charge is 0.478 e. The first-order valence-corrected chi connectivity index (χ1v) is 12.9. The Labute approximate surface area is 234 Å². The fraction of sp³-hybridized carbons (Fsp3) is 0.143. The third-order valence-electron chi connectivity index (χ3n) is 5.89. The Hall–Kier alpha value is -4.84. The molecule has 0 aliphatic carbocycles. The number of fused-ring (bicyclic) bond motifs is 2. The maximum Gasteiger partial charge on any atom is 0.347 e. The van der Waals surface area contributed by atoms with Crippen molar-refractivity contribution in [2.24, 2.45) is 5.10 Å². The number of benzene rings is 3. The molecule has 1 atom stereocenters. The number of nitro groups is 1. The molecule has 3 aromatic carbocycles. The number of halogens is 1. The van der Waals surface area contributed by atoms with Crippen LogP contribution < -0.4 is 10.3 Å². The number of ether oxygens (including phenoxy) is 2. The highest BCUT2D eigenvalue weighted by Gasteiger charge is 2.20. The normalized spacial score (nSPS) is 12.2. The molecule has 12 heteroatoms. The van der Waals surface area contributed by atoms with Crippen molar-refractivity contribution in [3.05, 3.63) is 97.2 Å². The number of hydrogen-bond acceptors (Lipinski definition) is 9. The van der Waals surface area contributed by atoms with Crippen LogP contribution in [0, 0.1) is 10.1 Å². The summed E-state index contributed by atoms with van der Waals surface area (Å²) in [5, 5.41) is 16.9. The Bertz CT molecular complexity index is 1860. The van der Waals surface area contributed by atoms with E-state index in [0.717, 1.165) is 14.5 Å². The number of nitrogens with zero attached hydrogens (tertiary/aromatic N) is 4. The van der Waals surface area contributed by atoms with Gasteiger partial charge in [-0.2, -0.15) is 9.78 Å². The van der Waals surface area contributed by atoms with E-state index in [0.29, 0.717) is 22.2 Å². The van der Waals surface area contributed by atoms with Crippen LogP contribution in [0.15, 0.2) is 85.5 Å². The number of furan rings is 1. The molecule has 5 aromatic rings. The van der Waals surface area contributed by atoms with Gasteiger partial charge in [0.05, 0.1) is 28.6 Å². The van der Waals surface area contributed by atoms with E-state index in [1.807, 2.05) is 12.1 Å². The summed E-state index contributed by atoms with van der Waals surface area (Å²) in [5.74, 6) is -0.0519. The molecule has 2 heterocycles. The number of carbonyl (C=O) groups excluding carboxylic acids is 1. The van der Waals surface area contributed by atoms with Gasteiger partial charge in [0.25, 0.3) is 11.2 Å². The van der Waals surface area contributed by atoms with Gasteiger partial charge in [-0.3, -0.25) is 14.9 Å². The second-order valence-electron chi connectivity index (χ2n) is 8.60. The van der Waals surface area contributed by atoms with Crippen molar-refractivity contribution in [1.82, 2.24) is 9.66 Å². The average molecular weight is 605 g/mol. The van der Waals surface area contributed by atoms with Crippen molar-refractivity contribution in [2.45, 2.75) is 20.0 Å². The first-order chi connectivity index (χ1) is 19.2. The van der Waals surface area contributed by atoms with Crippen LogP contribution in [-0.4, -0.2) is 39.5 Å². The molecule has 2 aromatic heterocycles. The molecule has 0 bridgehead atoms. The maximum absolute atomic E-state index is 13.6. The van der Waals surface area contributed by atoms with Gasteiger partial charge < -0.3 is 13.9 Å². The van der Waals surface area contributed by atoms with E-state index in [9.17, 15) is 19.7 Å². The summed E-state index contributed by atoms with van der Waals surface area (Å²) in [6, 6.07) is 17.9. The van der Waals surface area contributed by atoms with E-state index in [4.69, 9.17) is 13.9 Å². The fourth-order valence-corrected chi connectivity index (χ4v) is 4.37. The van der Waals surface area contributed by atoms with E-state index in [1.54, 1.807) is 43.3 Å². The van der Waals surface area contributed by atoms with Crippen LogP contribution in [0.4, 0.5) is 5.69 Å². The Morgan fingerprint density at radius 2 is 2.00 bits per heavy atom. The number of hydrogen-bond donors (Lipinski definition) is 0. The van der Waals surface area contributed by atoms with E-state index in [-0.39, 0.29) is 29.4 Å². The summed E-state index contributed by atoms with van der Waals surface area (Å²) in [5.41, 5.74) is 0.470. The topological polar surface area (TPSA) is 139 Å². The van der Waals surface area contributed by atoms with Crippen LogP contribution in [0.2, 0.25) is 0 Å². The number of nitro benzene ring substituents is 1. The van der Waals surface area contributed by atoms with Crippen LogP contribution in [0.1, 0.15) is 19.4 Å². The number of non-ortho nitro benzene ring substituents is 1. The quantitative estimate of drug-likeness (QED) is 0.0951. The molecule has 5 rings (SSSR count). The molecule has 0 aliphatic rings. The monoisotopic (exact) mass is 604 g/mol. The van der Waals surface area contributed by atoms with Crippen LogP contribution in [-0.2, 0) is 9.53 Å². The predicted octanol–water partition coefficient (Wildman–Crippen LogP) is 5.69. The molecular formula is C28H21BrN4O7. The molecule has 11 nitrogen and oxygen atoms in total. The summed E-state index contributed by atoms with van der Waals surface area (Å²) in [4.78, 5) is 41.2. The molecule has 0 unspecified atom stereocenters. The van der Waals surface area contributed by atoms with Crippen molar-refractivity contribution in [3.63, 3.8) is 0 Å². The average Bonchev–Trinajstić information content (AvgIpc) is 3.36. The lowest BCUT2D eigenvalue weighted by molar-refractivity contribution is -0.384. The highest BCUT2D eigenvalue weighted by molar-refractivity contribution is 9.10. The Kier molecular flexibility index (Phi) is 7.43. The van der Waals surface area contributed by atoms with Gasteiger partial charge in [-0.05, 0) is 56.3 Å². The minimum Gasteiger partial charge on any atom is -0.478 e. The Morgan fingerprint density at radius 1 is 1.20 bits per heavy atom. The summed E-state index contributed by atoms with van der Waals surface area (Å²) in [7, 11) is 0. The third-order valence-corrected chi connectivity index (χ3v) is 6.38. The lowest BCUT2D eigenvalue weighted by Gasteiger charge is -2.15. The Morgan fingerprint density at radius 3 is 2.77 bits per heavy atom. The number of carbonyl (C=O) groups is 1. The summed E-state index contributed by atoms with van der Waals surface area (Å²) in [6.45, 7) is 3.33. The highest BCUT2D eigenvalue weighted by atomic mass is 79.9. The van der Waals surface area contributed by atoms with Crippen molar-refractivity contribution >= 4 is 55.7 Å². The smallest absolute Gasteiger partial charge is 0.347 e. The fourth-order valence-electron chi connectivity index (χ4n) is 3.99. The molecule has 0 aliphatic heterocycles. The van der Waals surface area contributed by atoms with Crippen LogP contribution in [0.5, 0.6) is 5.75 Å². The number of esters is 1. The summed E-state index contributed by atoms with van der Waals surface area (Å²) in [6.07, 6.45) is 0.241. The minimum atomic E-state index is -0.996. The van der Waals surface area contributed by atoms with Gasteiger partial charge in [0.2, 0.25) is 5.82 Å². The number of para-hydroxylation sites is 1. The Balaban J connectivity index is 1.65. The SMILES string of the molecule is CCOC(=O)[C@@H](C)Oc1ccc([N+](=O)[O-])cc1C=Nn1c(-c2cc3cc(Br)ccc3o2)nc2ccccc2c1=O. The molecule has 202 valence electrons. The lowest BCUT2D eigenvalue weighted by Crippen LogP contribution is -2.26. The highest BCUT2D eigenvalue weighted by Crippen LogP contribution is 2.30. The van der Waals surface area contributed by atoms with Gasteiger partial charge in [-0.15, -0.1) is 0 Å². The second kappa shape index (κ2) is 11.1. The molecule has 40 heavy (non-hydrogen) atoms. The second-order valence-corrected chi connectivity index (χ2v) is 9.51. The summed E-state index contributed by atoms with van der Waals surface area (Å²) >= 11 is 3.44. The number of aromatic nitrogens is 2. The molecule has 0 saturated carbocycles. The molecule has 0 saturated heterocycles. The standard InChI is InChI=1S/C28H21BrN4O7/c1-3-38-28(35)16(2)39-24-11-9-20(33(36)37)13-18(24)15-30-32-26(31-22-7-5-4-6-21(22)27(32)34)25-14-17-12-19(29)8-10-23(17)40-25/h4-16H,3H2,1-2H3/t16-/m1/s1. The maximum atomic E-state index is 13.6. The molecule has 0 N–H and O–H groups in total. The van der Waals surface area contributed by atoms with Gasteiger partial charge in [-0.1, -0.05) is 28.1 Å². The molecule has 0 amide bonds. The predicted molar refractivity (Wildman–Crippen MR) is 152 cm³/mol. The zero-order chi connectivity index (χ0) is 28.4. The molecular weight excluding hydrogens is 584 g/mol. The molecule has 0 spiro atoms. The van der Waals surface area contributed by atoms with Crippen molar-refractivity contribution in [2.75, 3.05) is 6.61 Å². The first-order valence-electron chi connectivity index (χ1n) is 12.1. The van der Waals surface area contributed by atoms with Gasteiger partial charge in [-0.25, -0.2) is 9.78 Å². The molecule has 0 radical (unpaired) electrons. The van der Waals surface area contributed by atoms with E-state index >= 15 is 0 Å². The zero-order valence-electron chi connectivity index (χ0n) is 21.2. The van der Waals surface area contributed by atoms with Crippen LogP contribution in [0.25, 0.3) is 33.5 Å². The summed E-state index contributed by atoms with van der Waals surface area (Å²) < 4.78 is 18.6. The van der Waals surface area contributed by atoms with E-state index in [2.05, 4.69) is 26.0 Å². The van der Waals surface area contributed by atoms with E-state index < -0.39 is 22.6 Å². The van der Waals surface area contributed by atoms with Crippen LogP contribution in [0.3, 0.4) is 0 Å². The van der Waals surface area contributed by atoms with Crippen molar-refractivity contribution in [1.29, 1.82) is 0 Å². The zero-order valence-corrected chi connectivity index (χ0v) is 22.8. The van der Waals surface area contributed by atoms with Gasteiger partial charge in [0, 0.05) is 27.6 Å². The lowest BCUT2D eigenvalue weighted by atomic mass is 10.2.